The largest absolute Gasteiger partial charge is 0.392 e. The van der Waals surface area contributed by atoms with Gasteiger partial charge in [-0.2, -0.15) is 0 Å². The molecule has 19 heavy (non-hydrogen) atoms. The Morgan fingerprint density at radius 1 is 1.05 bits per heavy atom. The van der Waals surface area contributed by atoms with Crippen LogP contribution in [0.1, 0.15) is 11.1 Å². The summed E-state index contributed by atoms with van der Waals surface area (Å²) in [5.74, 6) is 0. The number of aryl methyl sites for hydroxylation is 1. The minimum Gasteiger partial charge on any atom is -0.392 e. The second-order valence-corrected chi connectivity index (χ2v) is 5.89. The Kier molecular flexibility index (Phi) is 3.87. The van der Waals surface area contributed by atoms with Crippen molar-refractivity contribution in [1.29, 1.82) is 0 Å². The van der Waals surface area contributed by atoms with Gasteiger partial charge in [0, 0.05) is 5.69 Å². The average Bonchev–Trinajstić information content (AvgIpc) is 2.41. The molecular formula is C14H15NO3S. The van der Waals surface area contributed by atoms with Gasteiger partial charge in [0.1, 0.15) is 0 Å². The minimum absolute atomic E-state index is 0.0954. The molecule has 0 fully saturated rings. The highest BCUT2D eigenvalue weighted by atomic mass is 32.2. The molecule has 0 amide bonds. The van der Waals surface area contributed by atoms with Gasteiger partial charge in [-0.05, 0) is 30.7 Å². The van der Waals surface area contributed by atoms with Crippen LogP contribution in [0.5, 0.6) is 0 Å². The van der Waals surface area contributed by atoms with E-state index in [0.29, 0.717) is 11.3 Å². The van der Waals surface area contributed by atoms with E-state index in [0.717, 1.165) is 5.56 Å². The van der Waals surface area contributed by atoms with Crippen LogP contribution in [-0.2, 0) is 16.6 Å². The van der Waals surface area contributed by atoms with Gasteiger partial charge in [-0.25, -0.2) is 8.42 Å². The number of anilines is 1. The lowest BCUT2D eigenvalue weighted by molar-refractivity contribution is 0.278. The van der Waals surface area contributed by atoms with Crippen LogP contribution in [0, 0.1) is 6.92 Å². The summed E-state index contributed by atoms with van der Waals surface area (Å²) >= 11 is 0. The minimum atomic E-state index is -3.68. The van der Waals surface area contributed by atoms with Crippen molar-refractivity contribution in [2.75, 3.05) is 4.72 Å². The maximum atomic E-state index is 12.2. The van der Waals surface area contributed by atoms with Gasteiger partial charge in [0.05, 0.1) is 11.5 Å². The second kappa shape index (κ2) is 5.42. The molecule has 0 saturated heterocycles. The zero-order valence-electron chi connectivity index (χ0n) is 10.5. The fourth-order valence-electron chi connectivity index (χ4n) is 1.73. The third-order valence-corrected chi connectivity index (χ3v) is 4.22. The standard InChI is InChI=1S/C14H15NO3S/c1-11-6-8-13(9-7-11)15-19(17,18)14-5-3-2-4-12(14)10-16/h2-9,15-16H,10H2,1H3. The molecule has 0 heterocycles. The van der Waals surface area contributed by atoms with Crippen molar-refractivity contribution in [3.05, 3.63) is 59.7 Å². The molecule has 0 radical (unpaired) electrons. The normalized spacial score (nSPS) is 11.3. The Balaban J connectivity index is 2.35. The molecule has 2 aromatic rings. The van der Waals surface area contributed by atoms with Crippen molar-refractivity contribution in [3.8, 4) is 0 Å². The van der Waals surface area contributed by atoms with Crippen LogP contribution in [-0.4, -0.2) is 13.5 Å². The zero-order chi connectivity index (χ0) is 13.9. The summed E-state index contributed by atoms with van der Waals surface area (Å²) in [5.41, 5.74) is 1.93. The van der Waals surface area contributed by atoms with Gasteiger partial charge in [0.25, 0.3) is 10.0 Å². The fourth-order valence-corrected chi connectivity index (χ4v) is 3.02. The number of aliphatic hydroxyl groups excluding tert-OH is 1. The van der Waals surface area contributed by atoms with Gasteiger partial charge >= 0.3 is 0 Å². The molecule has 2 aromatic carbocycles. The van der Waals surface area contributed by atoms with E-state index in [2.05, 4.69) is 4.72 Å². The smallest absolute Gasteiger partial charge is 0.262 e. The molecule has 4 nitrogen and oxygen atoms in total. The highest BCUT2D eigenvalue weighted by Gasteiger charge is 2.17. The predicted octanol–water partition coefficient (Wildman–Crippen LogP) is 2.29. The molecule has 100 valence electrons. The highest BCUT2D eigenvalue weighted by molar-refractivity contribution is 7.92. The molecule has 0 aliphatic heterocycles. The molecule has 0 bridgehead atoms. The van der Waals surface area contributed by atoms with Crippen LogP contribution < -0.4 is 4.72 Å². The van der Waals surface area contributed by atoms with E-state index >= 15 is 0 Å². The molecule has 0 atom stereocenters. The molecular weight excluding hydrogens is 262 g/mol. The summed E-state index contributed by atoms with van der Waals surface area (Å²) in [4.78, 5) is 0.0954. The number of hydrogen-bond acceptors (Lipinski definition) is 3. The molecule has 0 aliphatic rings. The Labute approximate surface area is 112 Å². The van der Waals surface area contributed by atoms with Crippen molar-refractivity contribution in [2.24, 2.45) is 0 Å². The number of nitrogens with one attached hydrogen (secondary N) is 1. The lowest BCUT2D eigenvalue weighted by Crippen LogP contribution is -2.15. The van der Waals surface area contributed by atoms with Crippen LogP contribution in [0.4, 0.5) is 5.69 Å². The molecule has 2 rings (SSSR count). The molecule has 0 unspecified atom stereocenters. The van der Waals surface area contributed by atoms with Gasteiger partial charge < -0.3 is 5.11 Å². The number of sulfonamides is 1. The van der Waals surface area contributed by atoms with E-state index in [-0.39, 0.29) is 11.5 Å². The van der Waals surface area contributed by atoms with Crippen LogP contribution in [0.3, 0.4) is 0 Å². The average molecular weight is 277 g/mol. The van der Waals surface area contributed by atoms with E-state index in [1.807, 2.05) is 19.1 Å². The maximum absolute atomic E-state index is 12.2. The van der Waals surface area contributed by atoms with Crippen molar-refractivity contribution < 1.29 is 13.5 Å². The fraction of sp³-hybridized carbons (Fsp3) is 0.143. The summed E-state index contributed by atoms with van der Waals surface area (Å²) in [6.07, 6.45) is 0. The van der Waals surface area contributed by atoms with E-state index in [9.17, 15) is 13.5 Å². The van der Waals surface area contributed by atoms with Crippen LogP contribution in [0.15, 0.2) is 53.4 Å². The number of benzene rings is 2. The predicted molar refractivity (Wildman–Crippen MR) is 74.4 cm³/mol. The van der Waals surface area contributed by atoms with Crippen LogP contribution in [0.2, 0.25) is 0 Å². The molecule has 0 spiro atoms. The molecule has 0 aromatic heterocycles. The second-order valence-electron chi connectivity index (χ2n) is 4.24. The quantitative estimate of drug-likeness (QED) is 0.901. The molecule has 2 N–H and O–H groups in total. The van der Waals surface area contributed by atoms with Crippen molar-refractivity contribution >= 4 is 15.7 Å². The van der Waals surface area contributed by atoms with Crippen molar-refractivity contribution in [1.82, 2.24) is 0 Å². The lowest BCUT2D eigenvalue weighted by Gasteiger charge is -2.11. The zero-order valence-corrected chi connectivity index (χ0v) is 11.3. The van der Waals surface area contributed by atoms with Gasteiger partial charge in [-0.3, -0.25) is 4.72 Å². The first-order chi connectivity index (χ1) is 9.03. The third kappa shape index (κ3) is 3.13. The number of rotatable bonds is 4. The first-order valence-electron chi connectivity index (χ1n) is 5.81. The summed E-state index contributed by atoms with van der Waals surface area (Å²) in [6.45, 7) is 1.62. The van der Waals surface area contributed by atoms with Gasteiger partial charge in [0.2, 0.25) is 0 Å². The number of aliphatic hydroxyl groups is 1. The molecule has 5 heteroatoms. The number of hydrogen-bond donors (Lipinski definition) is 2. The molecule has 0 aliphatic carbocycles. The molecule has 0 saturated carbocycles. The Morgan fingerprint density at radius 3 is 2.32 bits per heavy atom. The topological polar surface area (TPSA) is 66.4 Å². The lowest BCUT2D eigenvalue weighted by atomic mass is 10.2. The van der Waals surface area contributed by atoms with E-state index in [1.54, 1.807) is 30.3 Å². The summed E-state index contributed by atoms with van der Waals surface area (Å²) in [7, 11) is -3.68. The Morgan fingerprint density at radius 2 is 1.68 bits per heavy atom. The monoisotopic (exact) mass is 277 g/mol. The van der Waals surface area contributed by atoms with Crippen molar-refractivity contribution in [2.45, 2.75) is 18.4 Å². The van der Waals surface area contributed by atoms with Crippen LogP contribution in [0.25, 0.3) is 0 Å². The highest BCUT2D eigenvalue weighted by Crippen LogP contribution is 2.19. The maximum Gasteiger partial charge on any atom is 0.262 e. The first kappa shape index (κ1) is 13.6. The van der Waals surface area contributed by atoms with E-state index in [4.69, 9.17) is 0 Å². The Hall–Kier alpha value is -1.85. The van der Waals surface area contributed by atoms with Gasteiger partial charge in [0.15, 0.2) is 0 Å². The third-order valence-electron chi connectivity index (χ3n) is 2.74. The first-order valence-corrected chi connectivity index (χ1v) is 7.29. The van der Waals surface area contributed by atoms with E-state index in [1.165, 1.54) is 6.07 Å². The van der Waals surface area contributed by atoms with Gasteiger partial charge in [-0.15, -0.1) is 0 Å². The summed E-state index contributed by atoms with van der Waals surface area (Å²) < 4.78 is 27.0. The van der Waals surface area contributed by atoms with E-state index < -0.39 is 10.0 Å². The summed E-state index contributed by atoms with van der Waals surface area (Å²) in [5, 5.41) is 9.19. The Bertz CT molecular complexity index is 663. The van der Waals surface area contributed by atoms with Crippen LogP contribution >= 0.6 is 0 Å². The van der Waals surface area contributed by atoms with Gasteiger partial charge in [-0.1, -0.05) is 35.9 Å². The van der Waals surface area contributed by atoms with Crippen molar-refractivity contribution in [3.63, 3.8) is 0 Å². The SMILES string of the molecule is Cc1ccc(NS(=O)(=O)c2ccccc2CO)cc1. The summed E-state index contributed by atoms with van der Waals surface area (Å²) in [6, 6.07) is 13.4.